The van der Waals surface area contributed by atoms with Gasteiger partial charge in [0.1, 0.15) is 11.6 Å². The molecule has 6 heteroatoms. The smallest absolute Gasteiger partial charge is 0.329 e. The Morgan fingerprint density at radius 2 is 1.75 bits per heavy atom. The number of rotatable bonds is 4. The van der Waals surface area contributed by atoms with E-state index < -0.39 is 11.6 Å². The van der Waals surface area contributed by atoms with E-state index in [4.69, 9.17) is 4.74 Å². The highest BCUT2D eigenvalue weighted by Crippen LogP contribution is 2.39. The minimum atomic E-state index is -0.567. The van der Waals surface area contributed by atoms with Crippen molar-refractivity contribution >= 4 is 28.8 Å². The number of hydrogen-bond acceptors (Lipinski definition) is 5. The summed E-state index contributed by atoms with van der Waals surface area (Å²) >= 11 is 1.27. The van der Waals surface area contributed by atoms with Crippen molar-refractivity contribution < 1.29 is 19.1 Å². The summed E-state index contributed by atoms with van der Waals surface area (Å²) in [6.45, 7) is 6.10. The fourth-order valence-corrected chi connectivity index (χ4v) is 5.24. The van der Waals surface area contributed by atoms with E-state index in [9.17, 15) is 14.4 Å². The fourth-order valence-electron chi connectivity index (χ4n) is 3.99. The van der Waals surface area contributed by atoms with Gasteiger partial charge in [-0.25, -0.2) is 4.79 Å². The second kappa shape index (κ2) is 8.68. The molecule has 1 heterocycles. The third-order valence-electron chi connectivity index (χ3n) is 5.25. The van der Waals surface area contributed by atoms with Gasteiger partial charge >= 0.3 is 5.97 Å². The van der Waals surface area contributed by atoms with Crippen molar-refractivity contribution in [2.24, 2.45) is 5.92 Å². The number of amides is 1. The van der Waals surface area contributed by atoms with Crippen molar-refractivity contribution in [1.82, 2.24) is 4.90 Å². The molecule has 1 aliphatic heterocycles. The molecule has 1 amide bonds. The Hall–Kier alpha value is -1.82. The third kappa shape index (κ3) is 4.96. The Labute approximate surface area is 171 Å². The summed E-state index contributed by atoms with van der Waals surface area (Å²) in [5.74, 6) is -0.522. The first-order valence-electron chi connectivity index (χ1n) is 10.1. The molecule has 2 aliphatic rings. The molecular formula is C22H29NO4S. The van der Waals surface area contributed by atoms with Gasteiger partial charge in [-0.05, 0) is 46.5 Å². The fraction of sp³-hybridized carbons (Fsp3) is 0.591. The normalized spacial score (nSPS) is 25.0. The van der Waals surface area contributed by atoms with E-state index in [1.165, 1.54) is 11.8 Å². The van der Waals surface area contributed by atoms with Crippen molar-refractivity contribution in [3.05, 3.63) is 35.9 Å². The second-order valence-electron chi connectivity index (χ2n) is 8.57. The van der Waals surface area contributed by atoms with Crippen LogP contribution in [0.1, 0.15) is 63.2 Å². The van der Waals surface area contributed by atoms with Crippen LogP contribution >= 0.6 is 11.8 Å². The number of likely N-dealkylation sites (tertiary alicyclic amines) is 1. The average Bonchev–Trinajstić information content (AvgIpc) is 3.30. The maximum atomic E-state index is 13.2. The van der Waals surface area contributed by atoms with Gasteiger partial charge in [-0.3, -0.25) is 9.59 Å². The molecule has 152 valence electrons. The van der Waals surface area contributed by atoms with Crippen LogP contribution in [0.15, 0.2) is 30.3 Å². The van der Waals surface area contributed by atoms with Crippen LogP contribution < -0.4 is 0 Å². The number of benzene rings is 1. The van der Waals surface area contributed by atoms with E-state index in [0.717, 1.165) is 25.7 Å². The van der Waals surface area contributed by atoms with E-state index in [1.54, 1.807) is 17.0 Å². The molecule has 3 rings (SSSR count). The molecular weight excluding hydrogens is 374 g/mol. The molecule has 0 N–H and O–H groups in total. The van der Waals surface area contributed by atoms with Gasteiger partial charge in [0.25, 0.3) is 0 Å². The molecule has 5 nitrogen and oxygen atoms in total. The minimum absolute atomic E-state index is 0.00391. The predicted octanol–water partition coefficient (Wildman–Crippen LogP) is 4.06. The Morgan fingerprint density at radius 1 is 1.04 bits per heavy atom. The maximum absolute atomic E-state index is 13.2. The first kappa shape index (κ1) is 20.9. The highest BCUT2D eigenvalue weighted by atomic mass is 32.2. The SMILES string of the molecule is CC(C)(C)OC(=O)[C@@H]1CCCN1C(=O)[C@H]1CCC[C@@H]1SC(=O)c1ccccc1. The van der Waals surface area contributed by atoms with Gasteiger partial charge in [0.15, 0.2) is 0 Å². The van der Waals surface area contributed by atoms with Crippen LogP contribution in [-0.4, -0.2) is 45.3 Å². The Morgan fingerprint density at radius 3 is 2.43 bits per heavy atom. The monoisotopic (exact) mass is 403 g/mol. The molecule has 28 heavy (non-hydrogen) atoms. The molecule has 1 aromatic rings. The Kier molecular flexibility index (Phi) is 6.48. The zero-order valence-corrected chi connectivity index (χ0v) is 17.7. The summed E-state index contributed by atoms with van der Waals surface area (Å²) < 4.78 is 5.52. The lowest BCUT2D eigenvalue weighted by molar-refractivity contribution is -0.163. The number of esters is 1. The molecule has 2 fully saturated rings. The number of carbonyl (C=O) groups excluding carboxylic acids is 3. The molecule has 0 unspecified atom stereocenters. The molecule has 1 aliphatic carbocycles. The topological polar surface area (TPSA) is 63.7 Å². The number of carbonyl (C=O) groups is 3. The van der Waals surface area contributed by atoms with Crippen LogP contribution in [0.4, 0.5) is 0 Å². The van der Waals surface area contributed by atoms with Crippen LogP contribution in [0.3, 0.4) is 0 Å². The predicted molar refractivity (Wildman–Crippen MR) is 110 cm³/mol. The van der Waals surface area contributed by atoms with E-state index in [0.29, 0.717) is 18.5 Å². The maximum Gasteiger partial charge on any atom is 0.329 e. The molecule has 0 radical (unpaired) electrons. The number of hydrogen-bond donors (Lipinski definition) is 0. The molecule has 0 bridgehead atoms. The molecule has 0 spiro atoms. The number of ether oxygens (including phenoxy) is 1. The largest absolute Gasteiger partial charge is 0.458 e. The van der Waals surface area contributed by atoms with Crippen LogP contribution in [0.25, 0.3) is 0 Å². The van der Waals surface area contributed by atoms with Crippen LogP contribution in [-0.2, 0) is 14.3 Å². The van der Waals surface area contributed by atoms with E-state index >= 15 is 0 Å². The van der Waals surface area contributed by atoms with Crippen LogP contribution in [0.2, 0.25) is 0 Å². The summed E-state index contributed by atoms with van der Waals surface area (Å²) in [5, 5.41) is -0.0180. The lowest BCUT2D eigenvalue weighted by Gasteiger charge is -2.30. The Balaban J connectivity index is 1.66. The van der Waals surface area contributed by atoms with Gasteiger partial charge in [-0.15, -0.1) is 0 Å². The first-order chi connectivity index (χ1) is 13.3. The highest BCUT2D eigenvalue weighted by Gasteiger charge is 2.43. The van der Waals surface area contributed by atoms with E-state index in [1.807, 2.05) is 39.0 Å². The zero-order valence-electron chi connectivity index (χ0n) is 16.8. The zero-order chi connectivity index (χ0) is 20.3. The summed E-state index contributed by atoms with van der Waals surface area (Å²) in [7, 11) is 0. The molecule has 3 atom stereocenters. The van der Waals surface area contributed by atoms with Crippen LogP contribution in [0.5, 0.6) is 0 Å². The van der Waals surface area contributed by atoms with Gasteiger partial charge in [-0.1, -0.05) is 48.5 Å². The van der Waals surface area contributed by atoms with Crippen molar-refractivity contribution in [3.63, 3.8) is 0 Å². The summed E-state index contributed by atoms with van der Waals surface area (Å²) in [4.78, 5) is 40.1. The molecule has 1 saturated carbocycles. The van der Waals surface area contributed by atoms with Gasteiger partial charge in [-0.2, -0.15) is 0 Å². The standard InChI is InChI=1S/C22H29NO4S/c1-22(2,3)27-20(25)17-12-8-14-23(17)19(24)16-11-7-13-18(16)28-21(26)15-9-5-4-6-10-15/h4-6,9-10,16-18H,7-8,11-14H2,1-3H3/t16-,17-,18-/m0/s1. The minimum Gasteiger partial charge on any atom is -0.458 e. The van der Waals surface area contributed by atoms with Gasteiger partial charge in [0, 0.05) is 17.4 Å². The summed E-state index contributed by atoms with van der Waals surface area (Å²) in [6.07, 6.45) is 4.01. The summed E-state index contributed by atoms with van der Waals surface area (Å²) in [6, 6.07) is 8.69. The van der Waals surface area contributed by atoms with Crippen molar-refractivity contribution in [1.29, 1.82) is 0 Å². The quantitative estimate of drug-likeness (QED) is 0.710. The van der Waals surface area contributed by atoms with E-state index in [2.05, 4.69) is 0 Å². The Bertz CT molecular complexity index is 728. The van der Waals surface area contributed by atoms with Crippen molar-refractivity contribution in [3.8, 4) is 0 Å². The lowest BCUT2D eigenvalue weighted by atomic mass is 10.1. The average molecular weight is 404 g/mol. The lowest BCUT2D eigenvalue weighted by Crippen LogP contribution is -2.46. The van der Waals surface area contributed by atoms with Crippen molar-refractivity contribution in [2.75, 3.05) is 6.54 Å². The second-order valence-corrected chi connectivity index (χ2v) is 9.78. The number of nitrogens with zero attached hydrogens (tertiary/aromatic N) is 1. The van der Waals surface area contributed by atoms with Gasteiger partial charge in [0.05, 0.1) is 5.92 Å². The number of thioether (sulfide) groups is 1. The molecule has 1 aromatic carbocycles. The van der Waals surface area contributed by atoms with Gasteiger partial charge < -0.3 is 9.64 Å². The van der Waals surface area contributed by atoms with E-state index in [-0.39, 0.29) is 28.2 Å². The third-order valence-corrected chi connectivity index (χ3v) is 6.57. The first-order valence-corrected chi connectivity index (χ1v) is 10.9. The van der Waals surface area contributed by atoms with Crippen LogP contribution in [0, 0.1) is 5.92 Å². The molecule has 0 aromatic heterocycles. The highest BCUT2D eigenvalue weighted by molar-refractivity contribution is 8.14. The van der Waals surface area contributed by atoms with Crippen molar-refractivity contribution in [2.45, 2.75) is 69.8 Å². The van der Waals surface area contributed by atoms with Gasteiger partial charge in [0.2, 0.25) is 11.0 Å². The summed E-state index contributed by atoms with van der Waals surface area (Å²) in [5.41, 5.74) is 0.0980. The molecule has 1 saturated heterocycles.